The molecule has 0 atom stereocenters. The minimum Gasteiger partial charge on any atom is -0.352 e. The van der Waals surface area contributed by atoms with Crippen LogP contribution in [0.4, 0.5) is 5.69 Å². The van der Waals surface area contributed by atoms with Gasteiger partial charge in [-0.3, -0.25) is 19.2 Å². The average Bonchev–Trinajstić information content (AvgIpc) is 3.59. The number of anilines is 1. The van der Waals surface area contributed by atoms with Crippen LogP contribution < -0.4 is 10.0 Å². The van der Waals surface area contributed by atoms with E-state index in [0.29, 0.717) is 55.6 Å². The van der Waals surface area contributed by atoms with E-state index >= 15 is 0 Å². The fourth-order valence-electron chi connectivity index (χ4n) is 3.88. The molecule has 1 aliphatic heterocycles. The first-order chi connectivity index (χ1) is 15.7. The van der Waals surface area contributed by atoms with E-state index in [1.807, 2.05) is 13.0 Å². The van der Waals surface area contributed by atoms with Gasteiger partial charge in [-0.25, -0.2) is 8.42 Å². The summed E-state index contributed by atoms with van der Waals surface area (Å²) in [5, 5.41) is 2.99. The molecular formula is C24H30N4O4S. The molecule has 8 nitrogen and oxygen atoms in total. The summed E-state index contributed by atoms with van der Waals surface area (Å²) in [5.74, 6) is -0.0443. The van der Waals surface area contributed by atoms with Crippen LogP contribution in [0.25, 0.3) is 0 Å². The van der Waals surface area contributed by atoms with Gasteiger partial charge < -0.3 is 10.2 Å². The molecule has 0 radical (unpaired) electrons. The summed E-state index contributed by atoms with van der Waals surface area (Å²) in [6, 6.07) is 12.1. The first-order valence-corrected chi connectivity index (χ1v) is 12.7. The Morgan fingerprint density at radius 2 is 1.64 bits per heavy atom. The van der Waals surface area contributed by atoms with Crippen LogP contribution in [0.2, 0.25) is 0 Å². The molecule has 9 heteroatoms. The van der Waals surface area contributed by atoms with Crippen molar-refractivity contribution in [3.05, 3.63) is 59.2 Å². The van der Waals surface area contributed by atoms with E-state index in [2.05, 4.69) is 14.9 Å². The summed E-state index contributed by atoms with van der Waals surface area (Å²) < 4.78 is 28.2. The Balaban J connectivity index is 1.33. The number of sulfonamides is 1. The zero-order chi connectivity index (χ0) is 23.6. The number of benzene rings is 2. The second-order valence-electron chi connectivity index (χ2n) is 8.86. The predicted molar refractivity (Wildman–Crippen MR) is 127 cm³/mol. The Bertz CT molecular complexity index is 1140. The highest BCUT2D eigenvalue weighted by molar-refractivity contribution is 7.92. The molecule has 2 fully saturated rings. The highest BCUT2D eigenvalue weighted by Gasteiger charge is 2.27. The van der Waals surface area contributed by atoms with Crippen molar-refractivity contribution in [2.75, 3.05) is 37.4 Å². The number of carbonyl (C=O) groups is 2. The van der Waals surface area contributed by atoms with Gasteiger partial charge in [-0.05, 0) is 68.1 Å². The highest BCUT2D eigenvalue weighted by Crippen LogP contribution is 2.22. The number of amides is 2. The zero-order valence-electron chi connectivity index (χ0n) is 19.0. The van der Waals surface area contributed by atoms with Gasteiger partial charge >= 0.3 is 0 Å². The molecule has 1 aliphatic carbocycles. The van der Waals surface area contributed by atoms with E-state index in [9.17, 15) is 18.0 Å². The first-order valence-electron chi connectivity index (χ1n) is 11.2. The molecule has 1 saturated carbocycles. The topological polar surface area (TPSA) is 98.8 Å². The standard InChI is InChI=1S/C24H30N4O4S/c1-17-3-4-18(2)22(15-17)33(31,32)26-21-7-5-19(6-8-21)24(30)28-13-11-27(12-14-28)16-23(29)25-20-9-10-20/h3-8,15,20,26H,9-14,16H2,1-2H3,(H,25,29). The zero-order valence-corrected chi connectivity index (χ0v) is 19.8. The lowest BCUT2D eigenvalue weighted by molar-refractivity contribution is -0.122. The molecule has 2 aliphatic rings. The molecule has 176 valence electrons. The van der Waals surface area contributed by atoms with Crippen LogP contribution in [0, 0.1) is 13.8 Å². The lowest BCUT2D eigenvalue weighted by atomic mass is 10.1. The molecule has 0 unspecified atom stereocenters. The van der Waals surface area contributed by atoms with Crippen molar-refractivity contribution in [1.82, 2.24) is 15.1 Å². The molecule has 33 heavy (non-hydrogen) atoms. The van der Waals surface area contributed by atoms with Crippen LogP contribution in [-0.2, 0) is 14.8 Å². The third kappa shape index (κ3) is 5.91. The quantitative estimate of drug-likeness (QED) is 0.646. The number of nitrogens with one attached hydrogen (secondary N) is 2. The average molecular weight is 471 g/mol. The maximum absolute atomic E-state index is 12.9. The van der Waals surface area contributed by atoms with E-state index in [1.165, 1.54) is 0 Å². The van der Waals surface area contributed by atoms with Gasteiger partial charge in [-0.15, -0.1) is 0 Å². The molecule has 0 bridgehead atoms. The first kappa shape index (κ1) is 23.3. The fourth-order valence-corrected chi connectivity index (χ4v) is 5.27. The van der Waals surface area contributed by atoms with Crippen molar-refractivity contribution >= 4 is 27.5 Å². The second-order valence-corrected chi connectivity index (χ2v) is 10.5. The van der Waals surface area contributed by atoms with Crippen molar-refractivity contribution in [2.24, 2.45) is 0 Å². The second kappa shape index (κ2) is 9.52. The van der Waals surface area contributed by atoms with Gasteiger partial charge in [0.15, 0.2) is 0 Å². The van der Waals surface area contributed by atoms with Crippen molar-refractivity contribution in [1.29, 1.82) is 0 Å². The Morgan fingerprint density at radius 3 is 2.27 bits per heavy atom. The third-order valence-corrected chi connectivity index (χ3v) is 7.51. The monoisotopic (exact) mass is 470 g/mol. The van der Waals surface area contributed by atoms with Crippen molar-refractivity contribution < 1.29 is 18.0 Å². The van der Waals surface area contributed by atoms with Crippen molar-refractivity contribution in [3.63, 3.8) is 0 Å². The highest BCUT2D eigenvalue weighted by atomic mass is 32.2. The molecule has 0 aromatic heterocycles. The molecule has 1 saturated heterocycles. The van der Waals surface area contributed by atoms with Gasteiger partial charge in [-0.2, -0.15) is 0 Å². The van der Waals surface area contributed by atoms with E-state index in [4.69, 9.17) is 0 Å². The molecule has 1 heterocycles. The number of hydrogen-bond donors (Lipinski definition) is 2. The summed E-state index contributed by atoms with van der Waals surface area (Å²) in [5.41, 5.74) is 2.44. The number of hydrogen-bond acceptors (Lipinski definition) is 5. The Hall–Kier alpha value is -2.91. The summed E-state index contributed by atoms with van der Waals surface area (Å²) in [4.78, 5) is 28.9. The molecular weight excluding hydrogens is 440 g/mol. The van der Waals surface area contributed by atoms with Gasteiger partial charge in [0.25, 0.3) is 15.9 Å². The molecule has 2 amide bonds. The van der Waals surface area contributed by atoms with E-state index < -0.39 is 10.0 Å². The van der Waals surface area contributed by atoms with Gasteiger partial charge in [0.05, 0.1) is 11.4 Å². The maximum atomic E-state index is 12.9. The minimum atomic E-state index is -3.72. The largest absolute Gasteiger partial charge is 0.352 e. The predicted octanol–water partition coefficient (Wildman–Crippen LogP) is 2.14. The Labute approximate surface area is 195 Å². The van der Waals surface area contributed by atoms with Crippen LogP contribution in [0.3, 0.4) is 0 Å². The third-order valence-electron chi connectivity index (χ3n) is 5.99. The molecule has 2 aromatic carbocycles. The number of aryl methyl sites for hydroxylation is 2. The lowest BCUT2D eigenvalue weighted by Gasteiger charge is -2.34. The van der Waals surface area contributed by atoms with Gasteiger partial charge in [0.2, 0.25) is 5.91 Å². The number of carbonyl (C=O) groups excluding carboxylic acids is 2. The number of rotatable bonds is 7. The maximum Gasteiger partial charge on any atom is 0.262 e. The summed E-state index contributed by atoms with van der Waals surface area (Å²) in [7, 11) is -3.72. The number of nitrogens with zero attached hydrogens (tertiary/aromatic N) is 2. The number of piperazine rings is 1. The van der Waals surface area contributed by atoms with E-state index in [0.717, 1.165) is 18.4 Å². The van der Waals surface area contributed by atoms with Crippen molar-refractivity contribution in [3.8, 4) is 0 Å². The molecule has 2 aromatic rings. The summed E-state index contributed by atoms with van der Waals surface area (Å²) in [6.45, 7) is 6.38. The van der Waals surface area contributed by atoms with Crippen LogP contribution in [0.5, 0.6) is 0 Å². The molecule has 0 spiro atoms. The van der Waals surface area contributed by atoms with E-state index in [1.54, 1.807) is 48.2 Å². The van der Waals surface area contributed by atoms with E-state index in [-0.39, 0.29) is 16.7 Å². The van der Waals surface area contributed by atoms with Crippen molar-refractivity contribution in [2.45, 2.75) is 37.6 Å². The fraction of sp³-hybridized carbons (Fsp3) is 0.417. The summed E-state index contributed by atoms with van der Waals surface area (Å²) in [6.07, 6.45) is 2.14. The van der Waals surface area contributed by atoms with Gasteiger partial charge in [-0.1, -0.05) is 12.1 Å². The van der Waals surface area contributed by atoms with Crippen LogP contribution in [0.1, 0.15) is 34.3 Å². The minimum absolute atomic E-state index is 0.0520. The summed E-state index contributed by atoms with van der Waals surface area (Å²) >= 11 is 0. The Morgan fingerprint density at radius 1 is 0.970 bits per heavy atom. The smallest absolute Gasteiger partial charge is 0.262 e. The lowest BCUT2D eigenvalue weighted by Crippen LogP contribution is -2.51. The van der Waals surface area contributed by atoms with Crippen LogP contribution in [-0.4, -0.2) is 68.8 Å². The Kier molecular flexibility index (Phi) is 6.71. The molecule has 4 rings (SSSR count). The van der Waals surface area contributed by atoms with Crippen LogP contribution in [0.15, 0.2) is 47.4 Å². The normalized spacial score (nSPS) is 17.0. The van der Waals surface area contributed by atoms with Gasteiger partial charge in [0.1, 0.15) is 0 Å². The van der Waals surface area contributed by atoms with Gasteiger partial charge in [0, 0.05) is 43.5 Å². The van der Waals surface area contributed by atoms with Crippen LogP contribution >= 0.6 is 0 Å². The molecule has 2 N–H and O–H groups in total. The SMILES string of the molecule is Cc1ccc(C)c(S(=O)(=O)Nc2ccc(C(=O)N3CCN(CC(=O)NC4CC4)CC3)cc2)c1.